The predicted octanol–water partition coefficient (Wildman–Crippen LogP) is -0.204. The predicted molar refractivity (Wildman–Crippen MR) is 73.6 cm³/mol. The van der Waals surface area contributed by atoms with Gasteiger partial charge in [-0.1, -0.05) is 0 Å². The summed E-state index contributed by atoms with van der Waals surface area (Å²) in [6.45, 7) is 3.48. The second-order valence-corrected chi connectivity index (χ2v) is 6.83. The summed E-state index contributed by atoms with van der Waals surface area (Å²) < 4.78 is 30.4. The molecular weight excluding hydrogens is 294 g/mol. The number of nitrogens with zero attached hydrogens (tertiary/aromatic N) is 5. The molecule has 1 N–H and O–H groups in total. The number of hydrogen-bond donors (Lipinski definition) is 1. The Morgan fingerprint density at radius 3 is 2.86 bits per heavy atom. The van der Waals surface area contributed by atoms with Crippen molar-refractivity contribution in [2.45, 2.75) is 38.1 Å². The van der Waals surface area contributed by atoms with Crippen LogP contribution in [0.15, 0.2) is 23.5 Å². The molecule has 0 amide bonds. The van der Waals surface area contributed by atoms with E-state index in [0.29, 0.717) is 31.2 Å². The van der Waals surface area contributed by atoms with Gasteiger partial charge in [-0.05, 0) is 13.0 Å². The van der Waals surface area contributed by atoms with Crippen LogP contribution in [0.3, 0.4) is 0 Å². The molecule has 0 aliphatic carbocycles. The van der Waals surface area contributed by atoms with E-state index in [4.69, 9.17) is 0 Å². The van der Waals surface area contributed by atoms with Crippen LogP contribution in [0.2, 0.25) is 0 Å². The van der Waals surface area contributed by atoms with Crippen molar-refractivity contribution in [2.24, 2.45) is 0 Å². The van der Waals surface area contributed by atoms with Gasteiger partial charge in [-0.2, -0.15) is 4.31 Å². The molecule has 1 aliphatic rings. The first-order chi connectivity index (χ1) is 10.1. The van der Waals surface area contributed by atoms with Crippen LogP contribution in [0.25, 0.3) is 0 Å². The van der Waals surface area contributed by atoms with E-state index in [1.807, 2.05) is 11.5 Å². The zero-order chi connectivity index (χ0) is 15.0. The number of rotatable bonds is 4. The molecule has 9 heteroatoms. The van der Waals surface area contributed by atoms with Crippen LogP contribution in [0.4, 0.5) is 0 Å². The standard InChI is InChI=1S/C12H17N5O3S/c1-2-15-6-11(5-10(15)8-18)21(19,20)17-4-3-16-9-13-14-12(16)7-17/h5-6,9,18H,2-4,7-8H2,1H3. The van der Waals surface area contributed by atoms with Crippen molar-refractivity contribution in [2.75, 3.05) is 6.54 Å². The summed E-state index contributed by atoms with van der Waals surface area (Å²) >= 11 is 0. The highest BCUT2D eigenvalue weighted by molar-refractivity contribution is 7.89. The van der Waals surface area contributed by atoms with Gasteiger partial charge in [0.15, 0.2) is 0 Å². The van der Waals surface area contributed by atoms with Crippen molar-refractivity contribution >= 4 is 10.0 Å². The highest BCUT2D eigenvalue weighted by atomic mass is 32.2. The lowest BCUT2D eigenvalue weighted by Gasteiger charge is -2.25. The lowest BCUT2D eigenvalue weighted by Crippen LogP contribution is -2.38. The zero-order valence-electron chi connectivity index (χ0n) is 11.7. The molecule has 1 aliphatic heterocycles. The summed E-state index contributed by atoms with van der Waals surface area (Å²) in [5, 5.41) is 17.0. The van der Waals surface area contributed by atoms with Gasteiger partial charge in [0.2, 0.25) is 10.0 Å². The van der Waals surface area contributed by atoms with Crippen molar-refractivity contribution in [3.8, 4) is 0 Å². The third-order valence-electron chi connectivity index (χ3n) is 3.71. The van der Waals surface area contributed by atoms with Crippen LogP contribution < -0.4 is 0 Å². The molecule has 0 fully saturated rings. The molecule has 21 heavy (non-hydrogen) atoms. The number of aryl methyl sites for hydroxylation is 1. The molecule has 114 valence electrons. The minimum Gasteiger partial charge on any atom is -0.390 e. The summed E-state index contributed by atoms with van der Waals surface area (Å²) in [5.74, 6) is 0.641. The first-order valence-electron chi connectivity index (χ1n) is 6.73. The van der Waals surface area contributed by atoms with E-state index in [0.717, 1.165) is 0 Å². The van der Waals surface area contributed by atoms with Gasteiger partial charge in [-0.3, -0.25) is 0 Å². The van der Waals surface area contributed by atoms with Crippen molar-refractivity contribution in [1.82, 2.24) is 23.6 Å². The molecular formula is C12H17N5O3S. The molecule has 0 saturated heterocycles. The van der Waals surface area contributed by atoms with Crippen LogP contribution in [0, 0.1) is 0 Å². The monoisotopic (exact) mass is 311 g/mol. The molecule has 0 bridgehead atoms. The first-order valence-corrected chi connectivity index (χ1v) is 8.17. The quantitative estimate of drug-likeness (QED) is 0.844. The van der Waals surface area contributed by atoms with E-state index in [-0.39, 0.29) is 18.0 Å². The lowest BCUT2D eigenvalue weighted by atomic mass is 10.4. The molecule has 8 nitrogen and oxygen atoms in total. The second-order valence-electron chi connectivity index (χ2n) is 4.89. The number of sulfonamides is 1. The fourth-order valence-corrected chi connectivity index (χ4v) is 3.94. The van der Waals surface area contributed by atoms with Crippen molar-refractivity contribution in [3.05, 3.63) is 30.1 Å². The van der Waals surface area contributed by atoms with E-state index in [1.165, 1.54) is 10.4 Å². The minimum absolute atomic E-state index is 0.183. The molecule has 3 heterocycles. The Bertz CT molecular complexity index is 727. The molecule has 3 rings (SSSR count). The van der Waals surface area contributed by atoms with Crippen molar-refractivity contribution in [1.29, 1.82) is 0 Å². The summed E-state index contributed by atoms with van der Waals surface area (Å²) in [7, 11) is -3.58. The van der Waals surface area contributed by atoms with Crippen molar-refractivity contribution < 1.29 is 13.5 Å². The Kier molecular flexibility index (Phi) is 3.56. The number of aliphatic hydroxyl groups excluding tert-OH is 1. The molecule has 0 aromatic carbocycles. The van der Waals surface area contributed by atoms with Gasteiger partial charge in [0.1, 0.15) is 17.0 Å². The Balaban J connectivity index is 1.92. The van der Waals surface area contributed by atoms with Crippen molar-refractivity contribution in [3.63, 3.8) is 0 Å². The molecule has 0 radical (unpaired) electrons. The maximum Gasteiger partial charge on any atom is 0.245 e. The summed E-state index contributed by atoms with van der Waals surface area (Å²) in [4.78, 5) is 0.210. The van der Waals surface area contributed by atoms with Crippen LogP contribution in [0.1, 0.15) is 18.4 Å². The lowest BCUT2D eigenvalue weighted by molar-refractivity contribution is 0.271. The summed E-state index contributed by atoms with van der Waals surface area (Å²) in [6, 6.07) is 1.53. The number of aliphatic hydroxyl groups is 1. The Hall–Kier alpha value is -1.71. The number of hydrogen-bond acceptors (Lipinski definition) is 5. The summed E-state index contributed by atoms with van der Waals surface area (Å²) in [5.41, 5.74) is 0.594. The Labute approximate surface area is 122 Å². The molecule has 0 saturated carbocycles. The van der Waals surface area contributed by atoms with E-state index >= 15 is 0 Å². The molecule has 0 unspecified atom stereocenters. The van der Waals surface area contributed by atoms with E-state index in [2.05, 4.69) is 10.2 Å². The van der Waals surface area contributed by atoms with E-state index < -0.39 is 10.0 Å². The second kappa shape index (κ2) is 5.24. The average molecular weight is 311 g/mol. The summed E-state index contributed by atoms with van der Waals surface area (Å²) in [6.07, 6.45) is 3.18. The van der Waals surface area contributed by atoms with Crippen LogP contribution in [-0.4, -0.2) is 43.7 Å². The molecule has 0 spiro atoms. The zero-order valence-corrected chi connectivity index (χ0v) is 12.5. The maximum absolute atomic E-state index is 12.7. The smallest absolute Gasteiger partial charge is 0.245 e. The number of fused-ring (bicyclic) bond motifs is 1. The normalized spacial score (nSPS) is 16.1. The Morgan fingerprint density at radius 1 is 1.38 bits per heavy atom. The van der Waals surface area contributed by atoms with Gasteiger partial charge in [0, 0.05) is 31.5 Å². The molecule has 2 aromatic heterocycles. The largest absolute Gasteiger partial charge is 0.390 e. The SMILES string of the molecule is CCn1cc(S(=O)(=O)N2CCn3cnnc3C2)cc1CO. The van der Waals surface area contributed by atoms with Gasteiger partial charge >= 0.3 is 0 Å². The number of aromatic nitrogens is 4. The van der Waals surface area contributed by atoms with Crippen LogP contribution in [-0.2, 0) is 36.3 Å². The highest BCUT2D eigenvalue weighted by Crippen LogP contribution is 2.22. The molecule has 0 atom stereocenters. The minimum atomic E-state index is -3.58. The van der Waals surface area contributed by atoms with Gasteiger partial charge in [0.25, 0.3) is 0 Å². The highest BCUT2D eigenvalue weighted by Gasteiger charge is 2.30. The van der Waals surface area contributed by atoms with Crippen LogP contribution >= 0.6 is 0 Å². The van der Waals surface area contributed by atoms with E-state index in [1.54, 1.807) is 17.1 Å². The third-order valence-corrected chi connectivity index (χ3v) is 5.52. The molecule has 2 aromatic rings. The Morgan fingerprint density at radius 2 is 2.19 bits per heavy atom. The van der Waals surface area contributed by atoms with Gasteiger partial charge in [-0.15, -0.1) is 10.2 Å². The maximum atomic E-state index is 12.7. The van der Waals surface area contributed by atoms with E-state index in [9.17, 15) is 13.5 Å². The fourth-order valence-electron chi connectivity index (χ4n) is 2.49. The fraction of sp³-hybridized carbons (Fsp3) is 0.500. The van der Waals surface area contributed by atoms with Gasteiger partial charge < -0.3 is 14.2 Å². The first kappa shape index (κ1) is 14.2. The average Bonchev–Trinajstić information content (AvgIpc) is 3.12. The van der Waals surface area contributed by atoms with Gasteiger partial charge in [0.05, 0.1) is 13.2 Å². The third kappa shape index (κ3) is 2.37. The van der Waals surface area contributed by atoms with Gasteiger partial charge in [-0.25, -0.2) is 8.42 Å². The van der Waals surface area contributed by atoms with Crippen LogP contribution in [0.5, 0.6) is 0 Å². The topological polar surface area (TPSA) is 93.3 Å².